The summed E-state index contributed by atoms with van der Waals surface area (Å²) in [5.74, 6) is -9.92. The van der Waals surface area contributed by atoms with Crippen molar-refractivity contribution >= 4 is 59.1 Å². The van der Waals surface area contributed by atoms with E-state index in [9.17, 15) is 58.2 Å². The Morgan fingerprint density at radius 3 is 1.34 bits per heavy atom. The van der Waals surface area contributed by atoms with Gasteiger partial charge >= 0.3 is 5.97 Å². The maximum absolute atomic E-state index is 13.5. The molecular formula is C35H64N12O12. The Labute approximate surface area is 342 Å². The lowest BCUT2D eigenvalue weighted by Crippen LogP contribution is -2.61. The number of rotatable bonds is 31. The Bertz CT molecular complexity index is 1450. The van der Waals surface area contributed by atoms with Crippen molar-refractivity contribution in [3.8, 4) is 0 Å². The molecule has 0 heterocycles. The highest BCUT2D eigenvalue weighted by Crippen LogP contribution is 2.09. The third-order valence-corrected chi connectivity index (χ3v) is 8.60. The molecule has 19 N–H and O–H groups in total. The zero-order chi connectivity index (χ0) is 45.2. The van der Waals surface area contributed by atoms with Crippen LogP contribution in [0, 0.1) is 5.92 Å². The van der Waals surface area contributed by atoms with E-state index in [0.29, 0.717) is 32.2 Å². The molecule has 0 rings (SSSR count). The molecule has 9 amide bonds. The molecule has 24 nitrogen and oxygen atoms in total. The Morgan fingerprint density at radius 2 is 0.915 bits per heavy atom. The van der Waals surface area contributed by atoms with Gasteiger partial charge in [-0.05, 0) is 77.3 Å². The summed E-state index contributed by atoms with van der Waals surface area (Å²) in [5, 5.41) is 35.8. The van der Waals surface area contributed by atoms with E-state index in [2.05, 4.69) is 37.2 Å². The van der Waals surface area contributed by atoms with Gasteiger partial charge in [0.25, 0.3) is 0 Å². The molecule has 0 fully saturated rings. The number of carboxylic acid groups (broad SMARTS) is 1. The molecule has 336 valence electrons. The van der Waals surface area contributed by atoms with Crippen LogP contribution in [0.15, 0.2) is 0 Å². The van der Waals surface area contributed by atoms with Crippen LogP contribution in [0.25, 0.3) is 0 Å². The molecule has 0 aromatic rings. The Balaban J connectivity index is 6.28. The monoisotopic (exact) mass is 844 g/mol. The van der Waals surface area contributed by atoms with Gasteiger partial charge in [-0.15, -0.1) is 0 Å². The lowest BCUT2D eigenvalue weighted by molar-refractivity contribution is -0.142. The van der Waals surface area contributed by atoms with E-state index < -0.39 is 127 Å². The normalized spacial score (nSPS) is 14.5. The van der Waals surface area contributed by atoms with Crippen LogP contribution in [0.2, 0.25) is 0 Å². The van der Waals surface area contributed by atoms with Crippen LogP contribution in [0.5, 0.6) is 0 Å². The number of primary amides is 2. The first-order valence-electron chi connectivity index (χ1n) is 19.3. The zero-order valence-electron chi connectivity index (χ0n) is 33.9. The fraction of sp³-hybridized carbons (Fsp3) is 0.714. The highest BCUT2D eigenvalue weighted by Gasteiger charge is 2.34. The predicted octanol–water partition coefficient (Wildman–Crippen LogP) is -6.12. The van der Waals surface area contributed by atoms with Crippen LogP contribution in [0.4, 0.5) is 0 Å². The highest BCUT2D eigenvalue weighted by molar-refractivity contribution is 5.98. The van der Waals surface area contributed by atoms with E-state index in [1.54, 1.807) is 13.8 Å². The summed E-state index contributed by atoms with van der Waals surface area (Å²) in [6.45, 7) is 3.81. The number of nitrogens with two attached hydrogens (primary N) is 5. The van der Waals surface area contributed by atoms with E-state index in [-0.39, 0.29) is 38.1 Å². The first-order chi connectivity index (χ1) is 27.7. The second-order valence-electron chi connectivity index (χ2n) is 14.3. The Kier molecular flexibility index (Phi) is 26.2. The summed E-state index contributed by atoms with van der Waals surface area (Å²) in [6.07, 6.45) is 0.196. The van der Waals surface area contributed by atoms with E-state index in [1.807, 2.05) is 0 Å². The van der Waals surface area contributed by atoms with Gasteiger partial charge in [0.2, 0.25) is 53.2 Å². The van der Waals surface area contributed by atoms with Gasteiger partial charge in [-0.2, -0.15) is 0 Å². The van der Waals surface area contributed by atoms with Crippen molar-refractivity contribution in [2.45, 2.75) is 127 Å². The van der Waals surface area contributed by atoms with Crippen LogP contribution in [-0.2, 0) is 47.9 Å². The lowest BCUT2D eigenvalue weighted by atomic mass is 10.0. The van der Waals surface area contributed by atoms with Gasteiger partial charge in [-0.25, -0.2) is 0 Å². The van der Waals surface area contributed by atoms with Crippen molar-refractivity contribution in [2.24, 2.45) is 34.6 Å². The van der Waals surface area contributed by atoms with E-state index in [4.69, 9.17) is 28.7 Å². The van der Waals surface area contributed by atoms with Gasteiger partial charge in [0.05, 0.1) is 19.6 Å². The standard InChI is InChI=1S/C35H64N12O12/c1-18(2)14-23(32(55)41-19(3)35(58)59)45-30(53)21(9-5-7-13-37)43-34(57)25(17-48)47-33(56)24(15-27(40)50)46-31(54)22(10-11-26(39)49)44-29(52)20(8-4-6-12-36)42-28(51)16-38/h18-25,48H,4-17,36-38H2,1-3H3,(H2,39,49)(H2,40,50)(H,41,55)(H,42,51)(H,43,57)(H,44,52)(H,45,53)(H,46,54)(H,47,56)(H,58,59)/t19-,20-,21-,22-,23-,24-,25-/m0/s1. The van der Waals surface area contributed by atoms with Crippen molar-refractivity contribution in [1.82, 2.24) is 37.2 Å². The molecule has 0 aliphatic carbocycles. The van der Waals surface area contributed by atoms with E-state index >= 15 is 0 Å². The minimum Gasteiger partial charge on any atom is -0.480 e. The average molecular weight is 845 g/mol. The second-order valence-corrected chi connectivity index (χ2v) is 14.3. The van der Waals surface area contributed by atoms with Crippen LogP contribution in [0.3, 0.4) is 0 Å². The number of aliphatic hydroxyl groups excluding tert-OH is 1. The van der Waals surface area contributed by atoms with Gasteiger partial charge in [-0.3, -0.25) is 47.9 Å². The summed E-state index contributed by atoms with van der Waals surface area (Å²) < 4.78 is 0. The summed E-state index contributed by atoms with van der Waals surface area (Å²) in [5.41, 5.74) is 27.1. The molecule has 0 unspecified atom stereocenters. The smallest absolute Gasteiger partial charge is 0.325 e. The molecule has 24 heteroatoms. The summed E-state index contributed by atoms with van der Waals surface area (Å²) >= 11 is 0. The number of nitrogens with one attached hydrogen (secondary N) is 7. The number of carbonyl (C=O) groups excluding carboxylic acids is 9. The molecular weight excluding hydrogens is 780 g/mol. The number of hydrogen-bond donors (Lipinski definition) is 14. The minimum absolute atomic E-state index is 0.00897. The first-order valence-corrected chi connectivity index (χ1v) is 19.3. The molecule has 7 atom stereocenters. The van der Waals surface area contributed by atoms with Crippen LogP contribution < -0.4 is 65.9 Å². The number of aliphatic carboxylic acids is 1. The van der Waals surface area contributed by atoms with Crippen LogP contribution >= 0.6 is 0 Å². The number of hydrogen-bond acceptors (Lipinski definition) is 14. The van der Waals surface area contributed by atoms with Gasteiger partial charge in [0, 0.05) is 6.42 Å². The molecule has 0 aliphatic heterocycles. The van der Waals surface area contributed by atoms with Gasteiger partial charge in [0.1, 0.15) is 42.3 Å². The Hall–Kier alpha value is -5.46. The Morgan fingerprint density at radius 1 is 0.508 bits per heavy atom. The van der Waals surface area contributed by atoms with Gasteiger partial charge < -0.3 is 76.1 Å². The minimum atomic E-state index is -1.81. The van der Waals surface area contributed by atoms with E-state index in [1.165, 1.54) is 6.92 Å². The third kappa shape index (κ3) is 22.3. The summed E-state index contributed by atoms with van der Waals surface area (Å²) in [4.78, 5) is 127. The quantitative estimate of drug-likeness (QED) is 0.0289. The number of amides is 9. The zero-order valence-corrected chi connectivity index (χ0v) is 33.9. The van der Waals surface area contributed by atoms with Crippen molar-refractivity contribution in [2.75, 3.05) is 26.2 Å². The van der Waals surface area contributed by atoms with E-state index in [0.717, 1.165) is 0 Å². The largest absolute Gasteiger partial charge is 0.480 e. The molecule has 59 heavy (non-hydrogen) atoms. The van der Waals surface area contributed by atoms with Crippen molar-refractivity contribution < 1.29 is 58.2 Å². The van der Waals surface area contributed by atoms with Gasteiger partial charge in [0.15, 0.2) is 0 Å². The fourth-order valence-electron chi connectivity index (χ4n) is 5.38. The van der Waals surface area contributed by atoms with Crippen molar-refractivity contribution in [3.63, 3.8) is 0 Å². The molecule has 0 aromatic carbocycles. The molecule has 0 radical (unpaired) electrons. The fourth-order valence-corrected chi connectivity index (χ4v) is 5.38. The van der Waals surface area contributed by atoms with Crippen LogP contribution in [-0.4, -0.2) is 138 Å². The average Bonchev–Trinajstić information content (AvgIpc) is 3.16. The molecule has 0 spiro atoms. The molecule has 0 aliphatic rings. The third-order valence-electron chi connectivity index (χ3n) is 8.60. The number of unbranched alkanes of at least 4 members (excludes halogenated alkanes) is 2. The highest BCUT2D eigenvalue weighted by atomic mass is 16.4. The molecule has 0 saturated heterocycles. The van der Waals surface area contributed by atoms with Gasteiger partial charge in [-0.1, -0.05) is 13.8 Å². The summed E-state index contributed by atoms with van der Waals surface area (Å²) in [6, 6.07) is -10.1. The molecule has 0 saturated carbocycles. The maximum atomic E-state index is 13.5. The van der Waals surface area contributed by atoms with Crippen molar-refractivity contribution in [1.29, 1.82) is 0 Å². The predicted molar refractivity (Wildman–Crippen MR) is 210 cm³/mol. The lowest BCUT2D eigenvalue weighted by Gasteiger charge is -2.27. The molecule has 0 bridgehead atoms. The first kappa shape index (κ1) is 53.5. The topological polar surface area (TPSA) is 425 Å². The second kappa shape index (κ2) is 28.9. The number of carboxylic acids is 1. The maximum Gasteiger partial charge on any atom is 0.325 e. The summed E-state index contributed by atoms with van der Waals surface area (Å²) in [7, 11) is 0. The SMILES string of the molecule is CC(C)C[C@H](NC(=O)[C@H](CCCCN)NC(=O)[C@H](CO)NC(=O)[C@H](CC(N)=O)NC(=O)[C@H](CCC(N)=O)NC(=O)[C@H](CCCCN)NC(=O)CN)C(=O)N[C@@H](C)C(=O)O. The van der Waals surface area contributed by atoms with Crippen molar-refractivity contribution in [3.05, 3.63) is 0 Å². The van der Waals surface area contributed by atoms with Crippen LogP contribution in [0.1, 0.15) is 85.0 Å². The number of aliphatic hydroxyl groups is 1. The molecule has 0 aromatic heterocycles. The number of carbonyl (C=O) groups is 10.